The summed E-state index contributed by atoms with van der Waals surface area (Å²) in [5, 5.41) is 3.66. The highest BCUT2D eigenvalue weighted by atomic mass is 35.5. The number of nitrogens with one attached hydrogen (secondary N) is 1. The molecule has 1 aromatic rings. The minimum atomic E-state index is -0.694. The van der Waals surface area contributed by atoms with Gasteiger partial charge in [-0.2, -0.15) is 0 Å². The topological polar surface area (TPSA) is 84.7 Å². The van der Waals surface area contributed by atoms with Gasteiger partial charge in [0.05, 0.1) is 5.92 Å². The van der Waals surface area contributed by atoms with E-state index in [9.17, 15) is 9.59 Å². The lowest BCUT2D eigenvalue weighted by Crippen LogP contribution is -2.49. The molecule has 26 heavy (non-hydrogen) atoms. The number of carbonyl (C=O) groups excluding carboxylic acids is 2. The van der Waals surface area contributed by atoms with Gasteiger partial charge in [-0.3, -0.25) is 9.59 Å². The van der Waals surface area contributed by atoms with E-state index in [1.165, 1.54) is 0 Å². The van der Waals surface area contributed by atoms with Crippen LogP contribution in [-0.4, -0.2) is 49.0 Å². The molecule has 9 heteroatoms. The van der Waals surface area contributed by atoms with Gasteiger partial charge in [0.25, 0.3) is 5.91 Å². The third kappa shape index (κ3) is 6.50. The zero-order chi connectivity index (χ0) is 18.4. The van der Waals surface area contributed by atoms with Crippen molar-refractivity contribution in [3.63, 3.8) is 0 Å². The summed E-state index contributed by atoms with van der Waals surface area (Å²) in [6.45, 7) is 3.52. The Hall–Kier alpha value is -1.21. The van der Waals surface area contributed by atoms with E-state index < -0.39 is 6.10 Å². The molecule has 1 fully saturated rings. The van der Waals surface area contributed by atoms with E-state index in [2.05, 4.69) is 5.32 Å². The Bertz CT molecular complexity index is 610. The summed E-state index contributed by atoms with van der Waals surface area (Å²) in [6.07, 6.45) is 0.849. The molecule has 1 saturated heterocycles. The fraction of sp³-hybridized carbons (Fsp3) is 0.529. The number of hydrogen-bond donors (Lipinski definition) is 2. The molecule has 0 saturated carbocycles. The number of ether oxygens (including phenoxy) is 1. The maximum Gasteiger partial charge on any atom is 0.263 e. The first-order valence-electron chi connectivity index (χ1n) is 8.30. The van der Waals surface area contributed by atoms with Crippen LogP contribution in [-0.2, 0) is 9.59 Å². The van der Waals surface area contributed by atoms with Crippen molar-refractivity contribution < 1.29 is 14.3 Å². The fourth-order valence-corrected chi connectivity index (χ4v) is 3.35. The van der Waals surface area contributed by atoms with Crippen LogP contribution in [0.15, 0.2) is 18.2 Å². The summed E-state index contributed by atoms with van der Waals surface area (Å²) < 4.78 is 5.67. The van der Waals surface area contributed by atoms with Gasteiger partial charge in [-0.15, -0.1) is 12.4 Å². The van der Waals surface area contributed by atoms with Crippen LogP contribution < -0.4 is 15.8 Å². The Morgan fingerprint density at radius 2 is 2.00 bits per heavy atom. The molecule has 0 aromatic heterocycles. The van der Waals surface area contributed by atoms with Crippen LogP contribution in [0.4, 0.5) is 0 Å². The highest BCUT2D eigenvalue weighted by Gasteiger charge is 2.31. The number of nitrogens with zero attached hydrogens (tertiary/aromatic N) is 1. The van der Waals surface area contributed by atoms with Crippen molar-refractivity contribution in [3.8, 4) is 5.75 Å². The largest absolute Gasteiger partial charge is 0.481 e. The number of likely N-dealkylation sites (tertiary alicyclic amines) is 1. The number of carbonyl (C=O) groups is 2. The Morgan fingerprint density at radius 3 is 2.62 bits per heavy atom. The van der Waals surface area contributed by atoms with Crippen molar-refractivity contribution >= 4 is 47.4 Å². The number of hydrogen-bond acceptors (Lipinski definition) is 4. The molecule has 0 spiro atoms. The molecule has 0 aliphatic carbocycles. The smallest absolute Gasteiger partial charge is 0.263 e. The first-order valence-corrected chi connectivity index (χ1v) is 9.05. The zero-order valence-electron chi connectivity index (χ0n) is 14.5. The number of rotatable bonds is 6. The van der Waals surface area contributed by atoms with Crippen LogP contribution in [0.3, 0.4) is 0 Å². The predicted octanol–water partition coefficient (Wildman–Crippen LogP) is 2.50. The average Bonchev–Trinajstić information content (AvgIpc) is 2.58. The Morgan fingerprint density at radius 1 is 1.35 bits per heavy atom. The summed E-state index contributed by atoms with van der Waals surface area (Å²) in [5.41, 5.74) is 5.40. The van der Waals surface area contributed by atoms with Gasteiger partial charge in [0, 0.05) is 36.2 Å². The van der Waals surface area contributed by atoms with Crippen LogP contribution in [0.25, 0.3) is 0 Å². The van der Waals surface area contributed by atoms with E-state index >= 15 is 0 Å². The SMILES string of the molecule is CC(Oc1cc(Cl)cc(Cl)c1)C(=O)N1CCCC(C(=O)NCCN)C1.Cl. The molecular formula is C17H24Cl3N3O3. The number of amides is 2. The minimum absolute atomic E-state index is 0. The molecule has 146 valence electrons. The minimum Gasteiger partial charge on any atom is -0.481 e. The molecule has 0 radical (unpaired) electrons. The van der Waals surface area contributed by atoms with Crippen LogP contribution in [0, 0.1) is 5.92 Å². The highest BCUT2D eigenvalue weighted by molar-refractivity contribution is 6.34. The molecule has 3 N–H and O–H groups in total. The van der Waals surface area contributed by atoms with E-state index in [-0.39, 0.29) is 30.1 Å². The molecule has 1 aliphatic rings. The molecule has 2 unspecified atom stereocenters. The van der Waals surface area contributed by atoms with Crippen molar-refractivity contribution in [2.75, 3.05) is 26.2 Å². The molecule has 1 aliphatic heterocycles. The van der Waals surface area contributed by atoms with Crippen LogP contribution >= 0.6 is 35.6 Å². The summed E-state index contributed by atoms with van der Waals surface area (Å²) in [5.74, 6) is 0.00947. The average molecular weight is 425 g/mol. The van der Waals surface area contributed by atoms with Gasteiger partial charge in [0.1, 0.15) is 5.75 Å². The summed E-state index contributed by atoms with van der Waals surface area (Å²) in [6, 6.07) is 4.81. The first-order chi connectivity index (χ1) is 11.9. The van der Waals surface area contributed by atoms with E-state index in [1.54, 1.807) is 30.0 Å². The van der Waals surface area contributed by atoms with Gasteiger partial charge in [-0.05, 0) is 38.0 Å². The number of nitrogens with two attached hydrogens (primary N) is 1. The summed E-state index contributed by atoms with van der Waals surface area (Å²) >= 11 is 11.9. The van der Waals surface area contributed by atoms with Crippen LogP contribution in [0.2, 0.25) is 10.0 Å². The lowest BCUT2D eigenvalue weighted by atomic mass is 9.96. The standard InChI is InChI=1S/C17H23Cl2N3O3.ClH/c1-11(25-15-8-13(18)7-14(19)9-15)17(24)22-6-2-3-12(10-22)16(23)21-5-4-20;/h7-9,11-12H,2-6,10,20H2,1H3,(H,21,23);1H. The Kier molecular flexibility index (Phi) is 9.50. The molecule has 6 nitrogen and oxygen atoms in total. The van der Waals surface area contributed by atoms with Gasteiger partial charge >= 0.3 is 0 Å². The number of halogens is 3. The second-order valence-electron chi connectivity index (χ2n) is 6.07. The van der Waals surface area contributed by atoms with Crippen molar-refractivity contribution in [2.24, 2.45) is 11.7 Å². The van der Waals surface area contributed by atoms with Gasteiger partial charge in [-0.25, -0.2) is 0 Å². The third-order valence-corrected chi connectivity index (χ3v) is 4.48. The lowest BCUT2D eigenvalue weighted by Gasteiger charge is -2.33. The molecule has 2 atom stereocenters. The van der Waals surface area contributed by atoms with E-state index in [4.69, 9.17) is 33.7 Å². The fourth-order valence-electron chi connectivity index (χ4n) is 2.84. The van der Waals surface area contributed by atoms with Gasteiger partial charge in [-0.1, -0.05) is 23.2 Å². The van der Waals surface area contributed by atoms with Gasteiger partial charge < -0.3 is 20.7 Å². The van der Waals surface area contributed by atoms with Gasteiger partial charge in [0.2, 0.25) is 5.91 Å². The Balaban J connectivity index is 0.00000338. The van der Waals surface area contributed by atoms with E-state index in [0.717, 1.165) is 12.8 Å². The quantitative estimate of drug-likeness (QED) is 0.735. The number of piperidine rings is 1. The van der Waals surface area contributed by atoms with E-state index in [0.29, 0.717) is 42.0 Å². The highest BCUT2D eigenvalue weighted by Crippen LogP contribution is 2.25. The molecular weight excluding hydrogens is 401 g/mol. The van der Waals surface area contributed by atoms with Crippen molar-refractivity contribution in [3.05, 3.63) is 28.2 Å². The van der Waals surface area contributed by atoms with Crippen molar-refractivity contribution in [1.82, 2.24) is 10.2 Å². The molecule has 1 aromatic carbocycles. The monoisotopic (exact) mass is 423 g/mol. The summed E-state index contributed by atoms with van der Waals surface area (Å²) in [7, 11) is 0. The first kappa shape index (κ1) is 22.8. The predicted molar refractivity (Wildman–Crippen MR) is 105 cm³/mol. The van der Waals surface area contributed by atoms with E-state index in [1.807, 2.05) is 0 Å². The maximum absolute atomic E-state index is 12.6. The molecule has 2 amide bonds. The molecule has 0 bridgehead atoms. The summed E-state index contributed by atoms with van der Waals surface area (Å²) in [4.78, 5) is 26.4. The van der Waals surface area contributed by atoms with Gasteiger partial charge in [0.15, 0.2) is 6.10 Å². The van der Waals surface area contributed by atoms with Crippen molar-refractivity contribution in [2.45, 2.75) is 25.9 Å². The van der Waals surface area contributed by atoms with Crippen LogP contribution in [0.1, 0.15) is 19.8 Å². The zero-order valence-corrected chi connectivity index (χ0v) is 16.9. The van der Waals surface area contributed by atoms with Crippen LogP contribution in [0.5, 0.6) is 5.75 Å². The van der Waals surface area contributed by atoms with Crippen molar-refractivity contribution in [1.29, 1.82) is 0 Å². The molecule has 2 rings (SSSR count). The lowest BCUT2D eigenvalue weighted by molar-refractivity contribution is -0.141. The second-order valence-corrected chi connectivity index (χ2v) is 6.94. The Labute approximate surface area is 169 Å². The molecule has 1 heterocycles. The normalized spacial score (nSPS) is 17.8. The maximum atomic E-state index is 12.6. The third-order valence-electron chi connectivity index (χ3n) is 4.04. The second kappa shape index (κ2) is 10.8. The number of benzene rings is 1.